The van der Waals surface area contributed by atoms with Gasteiger partial charge in [-0.2, -0.15) is 0 Å². The molecule has 0 radical (unpaired) electrons. The van der Waals surface area contributed by atoms with Gasteiger partial charge in [-0.1, -0.05) is 0 Å². The minimum atomic E-state index is -1.12. The van der Waals surface area contributed by atoms with Gasteiger partial charge in [0, 0.05) is 26.3 Å². The largest absolute Gasteiger partial charge is 0.478 e. The van der Waals surface area contributed by atoms with E-state index in [2.05, 4.69) is 0 Å². The topological polar surface area (TPSA) is 80.0 Å². The highest BCUT2D eigenvalue weighted by Crippen LogP contribution is 2.10. The van der Waals surface area contributed by atoms with Crippen LogP contribution in [0.4, 0.5) is 0 Å². The van der Waals surface area contributed by atoms with Crippen LogP contribution in [0.15, 0.2) is 16.7 Å². The molecule has 0 bridgehead atoms. The Hall–Kier alpha value is -1.82. The van der Waals surface area contributed by atoms with Crippen molar-refractivity contribution in [3.05, 3.63) is 23.7 Å². The summed E-state index contributed by atoms with van der Waals surface area (Å²) in [7, 11) is 1.60. The number of amides is 1. The molecule has 1 rings (SSSR count). The van der Waals surface area contributed by atoms with E-state index in [1.165, 1.54) is 11.0 Å². The molecule has 0 aliphatic rings. The quantitative estimate of drug-likeness (QED) is 0.754. The van der Waals surface area contributed by atoms with Crippen molar-refractivity contribution in [2.45, 2.75) is 6.92 Å². The van der Waals surface area contributed by atoms with E-state index in [9.17, 15) is 9.59 Å². The Balaban J connectivity index is 2.58. The summed E-state index contributed by atoms with van der Waals surface area (Å²) in [5.41, 5.74) is -0.0356. The average Bonchev–Trinajstić information content (AvgIpc) is 2.77. The lowest BCUT2D eigenvalue weighted by atomic mass is 10.3. The van der Waals surface area contributed by atoms with Crippen LogP contribution >= 0.6 is 0 Å². The maximum atomic E-state index is 11.8. The summed E-state index contributed by atoms with van der Waals surface area (Å²) >= 11 is 0. The monoisotopic (exact) mass is 241 g/mol. The van der Waals surface area contributed by atoms with Crippen LogP contribution in [0.5, 0.6) is 0 Å². The normalized spacial score (nSPS) is 10.2. The van der Waals surface area contributed by atoms with Gasteiger partial charge in [-0.25, -0.2) is 4.79 Å². The molecule has 0 saturated carbocycles. The van der Waals surface area contributed by atoms with Crippen molar-refractivity contribution in [3.8, 4) is 0 Å². The van der Waals surface area contributed by atoms with Gasteiger partial charge in [0.1, 0.15) is 6.26 Å². The molecule has 1 heterocycles. The Bertz CT molecular complexity index is 398. The Labute approximate surface area is 98.8 Å². The molecule has 1 amide bonds. The number of aromatic carboxylic acids is 1. The number of hydrogen-bond acceptors (Lipinski definition) is 4. The van der Waals surface area contributed by atoms with Gasteiger partial charge in [-0.05, 0) is 6.92 Å². The number of carbonyl (C=O) groups is 2. The summed E-state index contributed by atoms with van der Waals surface area (Å²) in [5.74, 6) is -1.47. The van der Waals surface area contributed by atoms with Gasteiger partial charge in [0.2, 0.25) is 0 Å². The van der Waals surface area contributed by atoms with E-state index in [1.54, 1.807) is 7.05 Å². The molecular weight excluding hydrogens is 226 g/mol. The van der Waals surface area contributed by atoms with E-state index in [0.29, 0.717) is 19.8 Å². The fraction of sp³-hybridized carbons (Fsp3) is 0.455. The van der Waals surface area contributed by atoms with Crippen molar-refractivity contribution in [2.75, 3.05) is 26.8 Å². The first kappa shape index (κ1) is 13.2. The predicted molar refractivity (Wildman–Crippen MR) is 59.1 cm³/mol. The van der Waals surface area contributed by atoms with E-state index < -0.39 is 5.97 Å². The molecule has 0 fully saturated rings. The van der Waals surface area contributed by atoms with E-state index in [0.717, 1.165) is 6.26 Å². The lowest BCUT2D eigenvalue weighted by Crippen LogP contribution is -2.29. The number of likely N-dealkylation sites (N-methyl/N-ethyl adjacent to an activating group) is 1. The lowest BCUT2D eigenvalue weighted by Gasteiger charge is -2.15. The number of hydrogen-bond donors (Lipinski definition) is 1. The van der Waals surface area contributed by atoms with Crippen LogP contribution in [0.3, 0.4) is 0 Å². The summed E-state index contributed by atoms with van der Waals surface area (Å²) in [5, 5.41) is 8.69. The molecular formula is C11H15NO5. The van der Waals surface area contributed by atoms with Crippen LogP contribution in [0.1, 0.15) is 27.8 Å². The standard InChI is InChI=1S/C11H15NO5/c1-3-16-5-4-12(2)10(13)9-6-8(7-17-9)11(14)15/h6-7H,3-5H2,1-2H3,(H,14,15). The summed E-state index contributed by atoms with van der Waals surface area (Å²) in [6.45, 7) is 3.32. The Morgan fingerprint density at radius 2 is 2.24 bits per heavy atom. The van der Waals surface area contributed by atoms with Gasteiger partial charge in [0.05, 0.1) is 12.2 Å². The molecule has 0 atom stereocenters. The second-order valence-corrected chi connectivity index (χ2v) is 3.43. The third kappa shape index (κ3) is 3.60. The van der Waals surface area contributed by atoms with Crippen molar-refractivity contribution in [2.24, 2.45) is 0 Å². The van der Waals surface area contributed by atoms with Gasteiger partial charge >= 0.3 is 5.97 Å². The second kappa shape index (κ2) is 6.05. The zero-order chi connectivity index (χ0) is 12.8. The average molecular weight is 241 g/mol. The third-order valence-corrected chi connectivity index (χ3v) is 2.18. The van der Waals surface area contributed by atoms with Crippen LogP contribution in [0, 0.1) is 0 Å². The van der Waals surface area contributed by atoms with E-state index in [-0.39, 0.29) is 17.2 Å². The van der Waals surface area contributed by atoms with Crippen LogP contribution in [-0.2, 0) is 4.74 Å². The molecule has 0 aliphatic heterocycles. The molecule has 0 unspecified atom stereocenters. The maximum Gasteiger partial charge on any atom is 0.338 e. The first-order chi connectivity index (χ1) is 8.06. The van der Waals surface area contributed by atoms with Crippen LogP contribution in [-0.4, -0.2) is 48.7 Å². The van der Waals surface area contributed by atoms with Crippen LogP contribution in [0.25, 0.3) is 0 Å². The van der Waals surface area contributed by atoms with E-state index in [4.69, 9.17) is 14.3 Å². The lowest BCUT2D eigenvalue weighted by molar-refractivity contribution is 0.0678. The Morgan fingerprint density at radius 3 is 2.76 bits per heavy atom. The fourth-order valence-corrected chi connectivity index (χ4v) is 1.20. The molecule has 1 aromatic rings. The second-order valence-electron chi connectivity index (χ2n) is 3.43. The van der Waals surface area contributed by atoms with Gasteiger partial charge in [0.15, 0.2) is 5.76 Å². The number of carbonyl (C=O) groups excluding carboxylic acids is 1. The first-order valence-electron chi connectivity index (χ1n) is 5.21. The SMILES string of the molecule is CCOCCN(C)C(=O)c1cc(C(=O)O)co1. The number of carboxylic acid groups (broad SMARTS) is 1. The van der Waals surface area contributed by atoms with Crippen LogP contribution in [0.2, 0.25) is 0 Å². The number of ether oxygens (including phenoxy) is 1. The van der Waals surface area contributed by atoms with Crippen molar-refractivity contribution in [1.82, 2.24) is 4.90 Å². The summed E-state index contributed by atoms with van der Waals surface area (Å²) < 4.78 is 10.0. The molecule has 1 N–H and O–H groups in total. The summed E-state index contributed by atoms with van der Waals surface area (Å²) in [6.07, 6.45) is 1.05. The minimum Gasteiger partial charge on any atom is -0.478 e. The molecule has 6 nitrogen and oxygen atoms in total. The number of furan rings is 1. The van der Waals surface area contributed by atoms with Crippen LogP contribution < -0.4 is 0 Å². The van der Waals surface area contributed by atoms with Crippen molar-refractivity contribution in [3.63, 3.8) is 0 Å². The minimum absolute atomic E-state index is 0.0152. The highest BCUT2D eigenvalue weighted by Gasteiger charge is 2.17. The maximum absolute atomic E-state index is 11.8. The summed E-state index contributed by atoms with van der Waals surface area (Å²) in [6, 6.07) is 1.21. The van der Waals surface area contributed by atoms with E-state index >= 15 is 0 Å². The molecule has 0 spiro atoms. The van der Waals surface area contributed by atoms with Gasteiger partial charge < -0.3 is 19.2 Å². The van der Waals surface area contributed by atoms with Gasteiger partial charge in [-0.3, -0.25) is 4.79 Å². The Morgan fingerprint density at radius 1 is 1.53 bits per heavy atom. The van der Waals surface area contributed by atoms with Crippen molar-refractivity contribution >= 4 is 11.9 Å². The molecule has 0 aromatic carbocycles. The fourth-order valence-electron chi connectivity index (χ4n) is 1.20. The van der Waals surface area contributed by atoms with Gasteiger partial charge in [-0.15, -0.1) is 0 Å². The number of rotatable bonds is 6. The van der Waals surface area contributed by atoms with Crippen molar-refractivity contribution < 1.29 is 23.8 Å². The first-order valence-corrected chi connectivity index (χ1v) is 5.21. The molecule has 6 heteroatoms. The molecule has 94 valence electrons. The molecule has 0 aliphatic carbocycles. The zero-order valence-corrected chi connectivity index (χ0v) is 9.80. The molecule has 0 saturated heterocycles. The Kier molecular flexibility index (Phi) is 4.71. The number of carboxylic acids is 1. The van der Waals surface area contributed by atoms with Gasteiger partial charge in [0.25, 0.3) is 5.91 Å². The highest BCUT2D eigenvalue weighted by molar-refractivity contribution is 5.95. The highest BCUT2D eigenvalue weighted by atomic mass is 16.5. The third-order valence-electron chi connectivity index (χ3n) is 2.18. The van der Waals surface area contributed by atoms with E-state index in [1.807, 2.05) is 6.92 Å². The summed E-state index contributed by atoms with van der Waals surface area (Å²) in [4.78, 5) is 23.8. The predicted octanol–water partition coefficient (Wildman–Crippen LogP) is 1.09. The smallest absolute Gasteiger partial charge is 0.338 e. The zero-order valence-electron chi connectivity index (χ0n) is 9.80. The molecule has 17 heavy (non-hydrogen) atoms. The van der Waals surface area contributed by atoms with Crippen molar-refractivity contribution in [1.29, 1.82) is 0 Å². The molecule has 1 aromatic heterocycles. The number of nitrogens with zero attached hydrogens (tertiary/aromatic N) is 1.